The third-order valence-corrected chi connectivity index (χ3v) is 4.94. The number of nitro groups is 1. The molecule has 9 heteroatoms. The molecule has 0 aliphatic carbocycles. The zero-order chi connectivity index (χ0) is 21.3. The molecule has 0 aliphatic rings. The van der Waals surface area contributed by atoms with Crippen molar-refractivity contribution in [3.63, 3.8) is 0 Å². The van der Waals surface area contributed by atoms with Gasteiger partial charge in [-0.2, -0.15) is 0 Å². The van der Waals surface area contributed by atoms with Gasteiger partial charge in [-0.3, -0.25) is 10.1 Å². The highest BCUT2D eigenvalue weighted by molar-refractivity contribution is 6.33. The van der Waals surface area contributed by atoms with Gasteiger partial charge in [-0.15, -0.1) is 12.4 Å². The first-order valence-corrected chi connectivity index (χ1v) is 10.1. The molecule has 0 bridgehead atoms. The molecule has 0 amide bonds. The SMILES string of the molecule is Cl.O=[N+]([O-])c1ccc(NCCNCc2ccccc2OCc2ccc(Cl)cc2)c(Cl)c1. The summed E-state index contributed by atoms with van der Waals surface area (Å²) in [5.74, 6) is 0.825. The Morgan fingerprint density at radius 2 is 1.71 bits per heavy atom. The fourth-order valence-corrected chi connectivity index (χ4v) is 3.17. The summed E-state index contributed by atoms with van der Waals surface area (Å²) in [5.41, 5.74) is 2.74. The van der Waals surface area contributed by atoms with Crippen LogP contribution < -0.4 is 15.4 Å². The quantitative estimate of drug-likeness (QED) is 0.207. The summed E-state index contributed by atoms with van der Waals surface area (Å²) in [6.45, 7) is 2.41. The number of hydrogen-bond acceptors (Lipinski definition) is 5. The molecule has 3 aromatic rings. The molecule has 164 valence electrons. The second-order valence-electron chi connectivity index (χ2n) is 6.55. The molecule has 31 heavy (non-hydrogen) atoms. The summed E-state index contributed by atoms with van der Waals surface area (Å²) in [4.78, 5) is 10.3. The van der Waals surface area contributed by atoms with Crippen LogP contribution in [0.2, 0.25) is 10.0 Å². The van der Waals surface area contributed by atoms with Gasteiger partial charge in [-0.25, -0.2) is 0 Å². The minimum atomic E-state index is -0.469. The number of para-hydroxylation sites is 1. The van der Waals surface area contributed by atoms with Crippen molar-refractivity contribution in [2.75, 3.05) is 18.4 Å². The van der Waals surface area contributed by atoms with Crippen LogP contribution in [0, 0.1) is 10.1 Å². The lowest BCUT2D eigenvalue weighted by Crippen LogP contribution is -2.22. The zero-order valence-electron chi connectivity index (χ0n) is 16.5. The van der Waals surface area contributed by atoms with Gasteiger partial charge in [0.2, 0.25) is 0 Å². The van der Waals surface area contributed by atoms with E-state index in [1.165, 1.54) is 12.1 Å². The van der Waals surface area contributed by atoms with Crippen molar-refractivity contribution < 1.29 is 9.66 Å². The van der Waals surface area contributed by atoms with Gasteiger partial charge in [-0.1, -0.05) is 53.5 Å². The van der Waals surface area contributed by atoms with Crippen LogP contribution in [-0.2, 0) is 13.2 Å². The van der Waals surface area contributed by atoms with Gasteiger partial charge >= 0.3 is 0 Å². The Labute approximate surface area is 197 Å². The first-order valence-electron chi connectivity index (χ1n) is 9.36. The first kappa shape index (κ1) is 24.8. The van der Waals surface area contributed by atoms with Gasteiger partial charge in [0, 0.05) is 42.4 Å². The Morgan fingerprint density at radius 1 is 0.968 bits per heavy atom. The number of nitrogens with zero attached hydrogens (tertiary/aromatic N) is 1. The molecule has 0 saturated carbocycles. The monoisotopic (exact) mass is 481 g/mol. The minimum absolute atomic E-state index is 0. The van der Waals surface area contributed by atoms with E-state index in [0.29, 0.717) is 42.0 Å². The Kier molecular flexibility index (Phi) is 9.88. The lowest BCUT2D eigenvalue weighted by molar-refractivity contribution is -0.384. The van der Waals surface area contributed by atoms with E-state index >= 15 is 0 Å². The van der Waals surface area contributed by atoms with Crippen LogP contribution in [0.5, 0.6) is 5.75 Å². The van der Waals surface area contributed by atoms with E-state index in [4.69, 9.17) is 27.9 Å². The van der Waals surface area contributed by atoms with E-state index in [0.717, 1.165) is 16.9 Å². The number of nitrogens with one attached hydrogen (secondary N) is 2. The van der Waals surface area contributed by atoms with Crippen molar-refractivity contribution in [2.24, 2.45) is 0 Å². The molecule has 0 spiro atoms. The predicted molar refractivity (Wildman–Crippen MR) is 128 cm³/mol. The van der Waals surface area contributed by atoms with Crippen LogP contribution >= 0.6 is 35.6 Å². The Morgan fingerprint density at radius 3 is 2.42 bits per heavy atom. The van der Waals surface area contributed by atoms with E-state index in [-0.39, 0.29) is 18.1 Å². The zero-order valence-corrected chi connectivity index (χ0v) is 18.8. The number of nitro benzene ring substituents is 1. The molecule has 0 aromatic heterocycles. The lowest BCUT2D eigenvalue weighted by atomic mass is 10.2. The lowest BCUT2D eigenvalue weighted by Gasteiger charge is -2.13. The molecule has 0 unspecified atom stereocenters. The van der Waals surface area contributed by atoms with Crippen molar-refractivity contribution in [3.8, 4) is 5.75 Å². The molecule has 3 aromatic carbocycles. The standard InChI is InChI=1S/C22H21Cl2N3O3.ClH/c23-18-7-5-16(6-8-18)15-30-22-4-2-1-3-17(22)14-25-11-12-26-21-10-9-19(27(28)29)13-20(21)24;/h1-10,13,25-26H,11-12,14-15H2;1H. The fourth-order valence-electron chi connectivity index (χ4n) is 2.80. The smallest absolute Gasteiger partial charge is 0.271 e. The van der Waals surface area contributed by atoms with Crippen LogP contribution in [-0.4, -0.2) is 18.0 Å². The van der Waals surface area contributed by atoms with Gasteiger partial charge < -0.3 is 15.4 Å². The third kappa shape index (κ3) is 7.60. The highest BCUT2D eigenvalue weighted by Gasteiger charge is 2.09. The van der Waals surface area contributed by atoms with E-state index in [9.17, 15) is 10.1 Å². The Bertz CT molecular complexity index is 1000. The largest absolute Gasteiger partial charge is 0.489 e. The van der Waals surface area contributed by atoms with Gasteiger partial charge in [-0.05, 0) is 29.8 Å². The number of rotatable bonds is 10. The maximum Gasteiger partial charge on any atom is 0.271 e. The minimum Gasteiger partial charge on any atom is -0.489 e. The molecule has 0 saturated heterocycles. The molecule has 3 rings (SSSR count). The van der Waals surface area contributed by atoms with E-state index in [2.05, 4.69) is 10.6 Å². The topological polar surface area (TPSA) is 76.4 Å². The van der Waals surface area contributed by atoms with Crippen molar-refractivity contribution in [1.29, 1.82) is 0 Å². The summed E-state index contributed by atoms with van der Waals surface area (Å²) < 4.78 is 5.96. The summed E-state index contributed by atoms with van der Waals surface area (Å²) in [6.07, 6.45) is 0. The second-order valence-corrected chi connectivity index (χ2v) is 7.39. The maximum absolute atomic E-state index is 10.8. The molecule has 0 atom stereocenters. The molecule has 6 nitrogen and oxygen atoms in total. The molecule has 2 N–H and O–H groups in total. The summed E-state index contributed by atoms with van der Waals surface area (Å²) >= 11 is 12.0. The molecular formula is C22H22Cl3N3O3. The molecule has 0 fully saturated rings. The predicted octanol–water partition coefficient (Wildman–Crippen LogP) is 6.10. The van der Waals surface area contributed by atoms with Crippen molar-refractivity contribution in [3.05, 3.63) is 98.0 Å². The number of halogens is 3. The van der Waals surface area contributed by atoms with Crippen LogP contribution in [0.1, 0.15) is 11.1 Å². The van der Waals surface area contributed by atoms with Crippen LogP contribution in [0.4, 0.5) is 11.4 Å². The number of non-ortho nitro benzene ring substituents is 1. The molecule has 0 radical (unpaired) electrons. The normalized spacial score (nSPS) is 10.3. The van der Waals surface area contributed by atoms with E-state index < -0.39 is 4.92 Å². The number of ether oxygens (including phenoxy) is 1. The van der Waals surface area contributed by atoms with Gasteiger partial charge in [0.25, 0.3) is 5.69 Å². The van der Waals surface area contributed by atoms with Crippen LogP contribution in [0.25, 0.3) is 0 Å². The average Bonchev–Trinajstić information content (AvgIpc) is 2.74. The molecule has 0 aliphatic heterocycles. The summed E-state index contributed by atoms with van der Waals surface area (Å²) in [7, 11) is 0. The third-order valence-electron chi connectivity index (χ3n) is 4.38. The Hall–Kier alpha value is -2.51. The summed E-state index contributed by atoms with van der Waals surface area (Å²) in [5, 5.41) is 18.3. The van der Waals surface area contributed by atoms with E-state index in [1.807, 2.05) is 48.5 Å². The van der Waals surface area contributed by atoms with Gasteiger partial charge in [0.05, 0.1) is 15.6 Å². The van der Waals surface area contributed by atoms with Gasteiger partial charge in [0.15, 0.2) is 0 Å². The van der Waals surface area contributed by atoms with Crippen LogP contribution in [0.3, 0.4) is 0 Å². The number of benzene rings is 3. The highest BCUT2D eigenvalue weighted by atomic mass is 35.5. The maximum atomic E-state index is 10.8. The van der Waals surface area contributed by atoms with Crippen molar-refractivity contribution in [2.45, 2.75) is 13.2 Å². The Balaban J connectivity index is 0.00000341. The summed E-state index contributed by atoms with van der Waals surface area (Å²) in [6, 6.07) is 19.8. The highest BCUT2D eigenvalue weighted by Crippen LogP contribution is 2.26. The van der Waals surface area contributed by atoms with Crippen molar-refractivity contribution in [1.82, 2.24) is 5.32 Å². The second kappa shape index (κ2) is 12.4. The van der Waals surface area contributed by atoms with E-state index in [1.54, 1.807) is 6.07 Å². The average molecular weight is 483 g/mol. The van der Waals surface area contributed by atoms with Crippen LogP contribution in [0.15, 0.2) is 66.7 Å². The number of hydrogen-bond donors (Lipinski definition) is 2. The van der Waals surface area contributed by atoms with Gasteiger partial charge in [0.1, 0.15) is 12.4 Å². The molecular weight excluding hydrogens is 461 g/mol. The van der Waals surface area contributed by atoms with Crippen molar-refractivity contribution >= 4 is 47.0 Å². The number of anilines is 1. The fraction of sp³-hybridized carbons (Fsp3) is 0.182. The first-order chi connectivity index (χ1) is 14.5. The molecule has 0 heterocycles.